The minimum atomic E-state index is 0.312. The Labute approximate surface area is 103 Å². The lowest BCUT2D eigenvalue weighted by molar-refractivity contribution is -0.0182. The first-order valence-corrected chi connectivity index (χ1v) is 6.15. The van der Waals surface area contributed by atoms with Gasteiger partial charge in [0.15, 0.2) is 0 Å². The standard InChI is InChI=1S/C13H21N3O/c1-11-5-12(7-14-6-11)8-15-9-13-10-16(2)3-4-17-13/h5-7,13,15H,3-4,8-10H2,1-2H3. The van der Waals surface area contributed by atoms with Crippen molar-refractivity contribution in [3.63, 3.8) is 0 Å². The van der Waals surface area contributed by atoms with E-state index in [-0.39, 0.29) is 0 Å². The maximum Gasteiger partial charge on any atom is 0.0826 e. The molecule has 2 heterocycles. The molecule has 0 aliphatic carbocycles. The number of likely N-dealkylation sites (N-methyl/N-ethyl adjacent to an activating group) is 1. The van der Waals surface area contributed by atoms with Crippen LogP contribution in [-0.2, 0) is 11.3 Å². The van der Waals surface area contributed by atoms with Gasteiger partial charge >= 0.3 is 0 Å². The zero-order valence-corrected chi connectivity index (χ0v) is 10.6. The average Bonchev–Trinajstić information content (AvgIpc) is 2.29. The number of aryl methyl sites for hydroxylation is 1. The van der Waals surface area contributed by atoms with Gasteiger partial charge in [-0.3, -0.25) is 4.98 Å². The SMILES string of the molecule is Cc1cncc(CNCC2CN(C)CCO2)c1. The zero-order valence-electron chi connectivity index (χ0n) is 10.6. The highest BCUT2D eigenvalue weighted by atomic mass is 16.5. The van der Waals surface area contributed by atoms with E-state index in [4.69, 9.17) is 4.74 Å². The first-order valence-electron chi connectivity index (χ1n) is 6.15. The topological polar surface area (TPSA) is 37.4 Å². The number of ether oxygens (including phenoxy) is 1. The fraction of sp³-hybridized carbons (Fsp3) is 0.615. The number of nitrogens with one attached hydrogen (secondary N) is 1. The first-order chi connectivity index (χ1) is 8.24. The molecule has 4 nitrogen and oxygen atoms in total. The van der Waals surface area contributed by atoms with Crippen molar-refractivity contribution >= 4 is 0 Å². The Morgan fingerprint density at radius 3 is 3.18 bits per heavy atom. The second-order valence-electron chi connectivity index (χ2n) is 4.76. The van der Waals surface area contributed by atoms with Crippen molar-refractivity contribution in [2.45, 2.75) is 19.6 Å². The summed E-state index contributed by atoms with van der Waals surface area (Å²) in [4.78, 5) is 6.49. The Morgan fingerprint density at radius 2 is 2.41 bits per heavy atom. The molecule has 1 aliphatic heterocycles. The summed E-state index contributed by atoms with van der Waals surface area (Å²) in [6.07, 6.45) is 4.10. The predicted octanol–water partition coefficient (Wildman–Crippen LogP) is 0.810. The van der Waals surface area contributed by atoms with Crippen molar-refractivity contribution in [1.82, 2.24) is 15.2 Å². The summed E-state index contributed by atoms with van der Waals surface area (Å²) in [6, 6.07) is 2.16. The highest BCUT2D eigenvalue weighted by molar-refractivity contribution is 5.16. The van der Waals surface area contributed by atoms with Gasteiger partial charge in [0.25, 0.3) is 0 Å². The van der Waals surface area contributed by atoms with Crippen LogP contribution in [0.1, 0.15) is 11.1 Å². The smallest absolute Gasteiger partial charge is 0.0826 e. The van der Waals surface area contributed by atoms with Gasteiger partial charge in [0.2, 0.25) is 0 Å². The van der Waals surface area contributed by atoms with Gasteiger partial charge in [-0.05, 0) is 25.1 Å². The van der Waals surface area contributed by atoms with Crippen LogP contribution < -0.4 is 5.32 Å². The predicted molar refractivity (Wildman–Crippen MR) is 67.9 cm³/mol. The molecule has 1 saturated heterocycles. The molecule has 0 aromatic carbocycles. The molecule has 94 valence electrons. The molecule has 2 rings (SSSR count). The summed E-state index contributed by atoms with van der Waals surface area (Å²) < 4.78 is 5.69. The van der Waals surface area contributed by atoms with Crippen molar-refractivity contribution in [2.75, 3.05) is 33.3 Å². The summed E-state index contributed by atoms with van der Waals surface area (Å²) in [5.74, 6) is 0. The van der Waals surface area contributed by atoms with Crippen molar-refractivity contribution in [1.29, 1.82) is 0 Å². The second-order valence-corrected chi connectivity index (χ2v) is 4.76. The number of morpholine rings is 1. The highest BCUT2D eigenvalue weighted by Gasteiger charge is 2.16. The van der Waals surface area contributed by atoms with Crippen LogP contribution in [0.15, 0.2) is 18.5 Å². The van der Waals surface area contributed by atoms with Crippen LogP contribution in [0.2, 0.25) is 0 Å². The molecule has 0 saturated carbocycles. The third kappa shape index (κ3) is 4.07. The lowest BCUT2D eigenvalue weighted by Crippen LogP contribution is -2.44. The van der Waals surface area contributed by atoms with E-state index in [0.29, 0.717) is 6.10 Å². The van der Waals surface area contributed by atoms with E-state index in [2.05, 4.69) is 35.2 Å². The minimum absolute atomic E-state index is 0.312. The molecule has 4 heteroatoms. The van der Waals surface area contributed by atoms with E-state index in [1.807, 2.05) is 12.4 Å². The number of nitrogens with zero attached hydrogens (tertiary/aromatic N) is 2. The number of hydrogen-bond donors (Lipinski definition) is 1. The van der Waals surface area contributed by atoms with E-state index in [0.717, 1.165) is 32.8 Å². The van der Waals surface area contributed by atoms with Crippen LogP contribution in [0.25, 0.3) is 0 Å². The van der Waals surface area contributed by atoms with Gasteiger partial charge in [-0.1, -0.05) is 6.07 Å². The summed E-state index contributed by atoms with van der Waals surface area (Å²) >= 11 is 0. The van der Waals surface area contributed by atoms with Crippen LogP contribution in [-0.4, -0.2) is 49.3 Å². The maximum atomic E-state index is 5.69. The van der Waals surface area contributed by atoms with Crippen LogP contribution >= 0.6 is 0 Å². The van der Waals surface area contributed by atoms with Crippen LogP contribution in [0.3, 0.4) is 0 Å². The molecule has 1 aromatic rings. The van der Waals surface area contributed by atoms with Gasteiger partial charge < -0.3 is 15.0 Å². The number of pyridine rings is 1. The number of aromatic nitrogens is 1. The Kier molecular flexibility index (Phi) is 4.48. The van der Waals surface area contributed by atoms with E-state index in [1.54, 1.807) is 0 Å². The Balaban J connectivity index is 1.72. The Bertz CT molecular complexity index is 356. The van der Waals surface area contributed by atoms with Gasteiger partial charge in [-0.15, -0.1) is 0 Å². The quantitative estimate of drug-likeness (QED) is 0.838. The van der Waals surface area contributed by atoms with E-state index in [1.165, 1.54) is 11.1 Å². The average molecular weight is 235 g/mol. The third-order valence-corrected chi connectivity index (χ3v) is 2.97. The minimum Gasteiger partial charge on any atom is -0.374 e. The van der Waals surface area contributed by atoms with Crippen LogP contribution in [0.4, 0.5) is 0 Å². The van der Waals surface area contributed by atoms with E-state index >= 15 is 0 Å². The van der Waals surface area contributed by atoms with E-state index in [9.17, 15) is 0 Å². The Morgan fingerprint density at radius 1 is 1.53 bits per heavy atom. The third-order valence-electron chi connectivity index (χ3n) is 2.97. The lowest BCUT2D eigenvalue weighted by Gasteiger charge is -2.30. The molecule has 1 fully saturated rings. The van der Waals surface area contributed by atoms with Crippen molar-refractivity contribution in [3.05, 3.63) is 29.6 Å². The summed E-state index contributed by atoms with van der Waals surface area (Å²) in [5.41, 5.74) is 2.44. The molecular weight excluding hydrogens is 214 g/mol. The molecule has 0 radical (unpaired) electrons. The lowest BCUT2D eigenvalue weighted by atomic mass is 10.2. The summed E-state index contributed by atoms with van der Waals surface area (Å²) in [7, 11) is 2.14. The largest absolute Gasteiger partial charge is 0.374 e. The molecule has 1 N–H and O–H groups in total. The van der Waals surface area contributed by atoms with Crippen LogP contribution in [0, 0.1) is 6.92 Å². The summed E-state index contributed by atoms with van der Waals surface area (Å²) in [6.45, 7) is 6.72. The van der Waals surface area contributed by atoms with Gasteiger partial charge in [-0.25, -0.2) is 0 Å². The molecule has 0 bridgehead atoms. The second kappa shape index (κ2) is 6.10. The zero-order chi connectivity index (χ0) is 12.1. The number of hydrogen-bond acceptors (Lipinski definition) is 4. The molecule has 1 aromatic heterocycles. The fourth-order valence-corrected chi connectivity index (χ4v) is 2.08. The maximum absolute atomic E-state index is 5.69. The molecule has 0 amide bonds. The van der Waals surface area contributed by atoms with Crippen LogP contribution in [0.5, 0.6) is 0 Å². The molecule has 1 unspecified atom stereocenters. The molecule has 1 aliphatic rings. The van der Waals surface area contributed by atoms with Crippen molar-refractivity contribution in [3.8, 4) is 0 Å². The van der Waals surface area contributed by atoms with Gasteiger partial charge in [0.05, 0.1) is 12.7 Å². The monoisotopic (exact) mass is 235 g/mol. The molecule has 0 spiro atoms. The number of rotatable bonds is 4. The Hall–Kier alpha value is -0.970. The van der Waals surface area contributed by atoms with Gasteiger partial charge in [0, 0.05) is 38.6 Å². The van der Waals surface area contributed by atoms with Crippen molar-refractivity contribution in [2.24, 2.45) is 0 Å². The van der Waals surface area contributed by atoms with Crippen molar-refractivity contribution < 1.29 is 4.74 Å². The van der Waals surface area contributed by atoms with Gasteiger partial charge in [0.1, 0.15) is 0 Å². The first kappa shape index (κ1) is 12.5. The highest BCUT2D eigenvalue weighted by Crippen LogP contribution is 2.03. The van der Waals surface area contributed by atoms with Gasteiger partial charge in [-0.2, -0.15) is 0 Å². The normalized spacial score (nSPS) is 21.6. The fourth-order valence-electron chi connectivity index (χ4n) is 2.08. The molecular formula is C13H21N3O. The summed E-state index contributed by atoms with van der Waals surface area (Å²) in [5, 5.41) is 3.43. The molecule has 17 heavy (non-hydrogen) atoms. The molecule has 1 atom stereocenters. The van der Waals surface area contributed by atoms with E-state index < -0.39 is 0 Å².